The van der Waals surface area contributed by atoms with Gasteiger partial charge in [0, 0.05) is 11.6 Å². The summed E-state index contributed by atoms with van der Waals surface area (Å²) in [4.78, 5) is 12.2. The molecular weight excluding hydrogens is 354 g/mol. The van der Waals surface area contributed by atoms with Crippen LogP contribution in [0.5, 0.6) is 5.75 Å². The molecule has 0 unspecified atom stereocenters. The van der Waals surface area contributed by atoms with Gasteiger partial charge in [-0.05, 0) is 49.6 Å². The Hall–Kier alpha value is -2.58. The number of carbonyl (C=O) groups is 1. The summed E-state index contributed by atoms with van der Waals surface area (Å²) < 4.78 is 56.0. The van der Waals surface area contributed by atoms with Crippen LogP contribution in [0.2, 0.25) is 0 Å². The molecule has 1 fully saturated rings. The summed E-state index contributed by atoms with van der Waals surface area (Å²) in [5, 5.41) is 6.69. The largest absolute Gasteiger partial charge is 0.435 e. The lowest BCUT2D eigenvalue weighted by Crippen LogP contribution is -2.21. The number of alkyl halides is 4. The third-order valence-corrected chi connectivity index (χ3v) is 4.04. The highest BCUT2D eigenvalue weighted by atomic mass is 19.3. The molecule has 5 nitrogen and oxygen atoms in total. The molecule has 2 aromatic rings. The Bertz CT molecular complexity index is 803. The number of rotatable bonds is 7. The average molecular weight is 371 g/mol. The van der Waals surface area contributed by atoms with Crippen LogP contribution in [0.3, 0.4) is 0 Å². The number of benzene rings is 1. The molecule has 26 heavy (non-hydrogen) atoms. The molecule has 1 aliphatic rings. The minimum absolute atomic E-state index is 0.0309. The number of nitrogens with zero attached hydrogens (tertiary/aromatic N) is 2. The second-order valence-corrected chi connectivity index (χ2v) is 6.13. The highest BCUT2D eigenvalue weighted by Crippen LogP contribution is 2.40. The molecule has 1 heterocycles. The maximum Gasteiger partial charge on any atom is 0.387 e. The molecule has 1 amide bonds. The number of carbonyl (C=O) groups excluding carboxylic acids is 1. The van der Waals surface area contributed by atoms with Crippen LogP contribution in [0.25, 0.3) is 0 Å². The molecule has 1 aromatic heterocycles. The van der Waals surface area contributed by atoms with Gasteiger partial charge in [-0.1, -0.05) is 0 Å². The number of anilines is 1. The van der Waals surface area contributed by atoms with Crippen LogP contribution in [0.1, 0.15) is 42.1 Å². The number of halogens is 4. The van der Waals surface area contributed by atoms with Gasteiger partial charge in [0.15, 0.2) is 0 Å². The Balaban J connectivity index is 1.69. The molecule has 9 heteroatoms. The van der Waals surface area contributed by atoms with E-state index < -0.39 is 18.9 Å². The van der Waals surface area contributed by atoms with Gasteiger partial charge in [0.1, 0.15) is 18.0 Å². The van der Waals surface area contributed by atoms with Gasteiger partial charge in [-0.2, -0.15) is 13.9 Å². The molecule has 1 saturated carbocycles. The third kappa shape index (κ3) is 4.33. The van der Waals surface area contributed by atoms with Crippen LogP contribution in [0, 0.1) is 6.92 Å². The Morgan fingerprint density at radius 2 is 2.04 bits per heavy atom. The lowest BCUT2D eigenvalue weighted by Gasteiger charge is -2.12. The molecule has 0 saturated heterocycles. The van der Waals surface area contributed by atoms with Crippen molar-refractivity contribution in [1.29, 1.82) is 0 Å². The first-order valence-corrected chi connectivity index (χ1v) is 8.04. The second-order valence-electron chi connectivity index (χ2n) is 6.13. The first-order valence-electron chi connectivity index (χ1n) is 8.04. The van der Waals surface area contributed by atoms with Gasteiger partial charge in [-0.15, -0.1) is 0 Å². The molecule has 0 aliphatic heterocycles. The predicted molar refractivity (Wildman–Crippen MR) is 85.6 cm³/mol. The molecule has 0 atom stereocenters. The number of nitrogens with one attached hydrogen (secondary N) is 1. The molecule has 1 aliphatic carbocycles. The molecule has 1 N–H and O–H groups in total. The number of aromatic nitrogens is 2. The fourth-order valence-electron chi connectivity index (χ4n) is 2.61. The molecule has 140 valence electrons. The Kier molecular flexibility index (Phi) is 5.15. The van der Waals surface area contributed by atoms with E-state index in [4.69, 9.17) is 0 Å². The summed E-state index contributed by atoms with van der Waals surface area (Å²) >= 11 is 0. The monoisotopic (exact) mass is 371 g/mol. The SMILES string of the molecule is Cc1cc(OC(F)F)ccc1NC(=O)Cn1nc(C2CC2)cc1C(F)F. The van der Waals surface area contributed by atoms with Crippen molar-refractivity contribution in [2.24, 2.45) is 0 Å². The summed E-state index contributed by atoms with van der Waals surface area (Å²) in [5.74, 6) is -0.374. The first-order chi connectivity index (χ1) is 12.3. The molecular formula is C17H17F4N3O2. The summed E-state index contributed by atoms with van der Waals surface area (Å²) in [5.41, 5.74) is 1.17. The average Bonchev–Trinajstić information content (AvgIpc) is 3.30. The number of amides is 1. The van der Waals surface area contributed by atoms with E-state index in [1.807, 2.05) is 0 Å². The summed E-state index contributed by atoms with van der Waals surface area (Å²) in [7, 11) is 0. The van der Waals surface area contributed by atoms with Gasteiger partial charge in [-0.3, -0.25) is 9.48 Å². The van der Waals surface area contributed by atoms with Gasteiger partial charge in [0.2, 0.25) is 5.91 Å². The van der Waals surface area contributed by atoms with Gasteiger partial charge in [0.05, 0.1) is 5.69 Å². The van der Waals surface area contributed by atoms with E-state index in [0.717, 1.165) is 17.5 Å². The van der Waals surface area contributed by atoms with E-state index in [0.29, 0.717) is 16.9 Å². The van der Waals surface area contributed by atoms with Crippen molar-refractivity contribution < 1.29 is 27.1 Å². The normalized spacial score (nSPS) is 14.1. The van der Waals surface area contributed by atoms with Crippen LogP contribution in [0.4, 0.5) is 23.2 Å². The highest BCUT2D eigenvalue weighted by molar-refractivity contribution is 5.91. The van der Waals surface area contributed by atoms with Crippen molar-refractivity contribution in [3.8, 4) is 5.75 Å². The fourth-order valence-corrected chi connectivity index (χ4v) is 2.61. The molecule has 1 aromatic carbocycles. The Morgan fingerprint density at radius 3 is 2.62 bits per heavy atom. The van der Waals surface area contributed by atoms with E-state index in [1.165, 1.54) is 24.3 Å². The predicted octanol–water partition coefficient (Wildman–Crippen LogP) is 4.25. The maximum absolute atomic E-state index is 13.1. The molecule has 0 spiro atoms. The van der Waals surface area contributed by atoms with Crippen LogP contribution < -0.4 is 10.1 Å². The highest BCUT2D eigenvalue weighted by Gasteiger charge is 2.29. The fraction of sp³-hybridized carbons (Fsp3) is 0.412. The van der Waals surface area contributed by atoms with Gasteiger partial charge in [-0.25, -0.2) is 8.78 Å². The number of aryl methyl sites for hydroxylation is 1. The van der Waals surface area contributed by atoms with Crippen molar-refractivity contribution in [2.75, 3.05) is 5.32 Å². The second kappa shape index (κ2) is 7.35. The number of hydrogen-bond donors (Lipinski definition) is 1. The smallest absolute Gasteiger partial charge is 0.387 e. The van der Waals surface area contributed by atoms with Crippen LogP contribution >= 0.6 is 0 Å². The lowest BCUT2D eigenvalue weighted by atomic mass is 10.2. The van der Waals surface area contributed by atoms with E-state index in [1.54, 1.807) is 6.92 Å². The molecule has 0 radical (unpaired) electrons. The topological polar surface area (TPSA) is 56.1 Å². The van der Waals surface area contributed by atoms with Gasteiger partial charge >= 0.3 is 6.61 Å². The molecule has 0 bridgehead atoms. The molecule has 3 rings (SSSR count). The van der Waals surface area contributed by atoms with Crippen LogP contribution in [-0.4, -0.2) is 22.3 Å². The minimum Gasteiger partial charge on any atom is -0.435 e. The summed E-state index contributed by atoms with van der Waals surface area (Å²) in [6.07, 6.45) is -0.897. The Labute approximate surface area is 146 Å². The maximum atomic E-state index is 13.1. The van der Waals surface area contributed by atoms with E-state index in [-0.39, 0.29) is 23.9 Å². The quantitative estimate of drug-likeness (QED) is 0.741. The summed E-state index contributed by atoms with van der Waals surface area (Å²) in [6.45, 7) is -1.69. The zero-order valence-electron chi connectivity index (χ0n) is 13.9. The van der Waals surface area contributed by atoms with Crippen molar-refractivity contribution in [2.45, 2.75) is 45.3 Å². The van der Waals surface area contributed by atoms with Crippen LogP contribution in [0.15, 0.2) is 24.3 Å². The zero-order valence-corrected chi connectivity index (χ0v) is 13.9. The Morgan fingerprint density at radius 1 is 1.31 bits per heavy atom. The van der Waals surface area contributed by atoms with Crippen molar-refractivity contribution >= 4 is 11.6 Å². The minimum atomic E-state index is -2.94. The summed E-state index contributed by atoms with van der Waals surface area (Å²) in [6, 6.07) is 5.40. The number of hydrogen-bond acceptors (Lipinski definition) is 3. The standard InChI is InChI=1S/C17H17F4N3O2/c1-9-6-11(26-17(20)21)4-5-12(9)22-15(25)8-24-14(16(18)19)7-13(23-24)10-2-3-10/h4-7,10,16-17H,2-3,8H2,1H3,(H,22,25). The van der Waals surface area contributed by atoms with E-state index in [9.17, 15) is 22.4 Å². The number of ether oxygens (including phenoxy) is 1. The van der Waals surface area contributed by atoms with Gasteiger partial charge < -0.3 is 10.1 Å². The van der Waals surface area contributed by atoms with E-state index >= 15 is 0 Å². The van der Waals surface area contributed by atoms with E-state index in [2.05, 4.69) is 15.2 Å². The van der Waals surface area contributed by atoms with Crippen molar-refractivity contribution in [3.05, 3.63) is 41.2 Å². The first kappa shape index (κ1) is 18.2. The van der Waals surface area contributed by atoms with Crippen molar-refractivity contribution in [1.82, 2.24) is 9.78 Å². The third-order valence-electron chi connectivity index (χ3n) is 4.04. The lowest BCUT2D eigenvalue weighted by molar-refractivity contribution is -0.117. The van der Waals surface area contributed by atoms with Crippen LogP contribution in [-0.2, 0) is 11.3 Å². The zero-order chi connectivity index (χ0) is 18.8. The van der Waals surface area contributed by atoms with Gasteiger partial charge in [0.25, 0.3) is 6.43 Å². The van der Waals surface area contributed by atoms with Crippen molar-refractivity contribution in [3.63, 3.8) is 0 Å².